The number of benzene rings is 1. The summed E-state index contributed by atoms with van der Waals surface area (Å²) in [6.07, 6.45) is -4.36. The number of alkyl halides is 3. The maximum Gasteiger partial charge on any atom is 0.416 e. The maximum atomic E-state index is 12.6. The molecular formula is C12H6ClF3N2S. The van der Waals surface area contributed by atoms with Gasteiger partial charge in [0, 0.05) is 0 Å². The number of hydrogen-bond donors (Lipinski definition) is 1. The molecule has 3 rings (SSSR count). The lowest BCUT2D eigenvalue weighted by atomic mass is 10.2. The fraction of sp³-hybridized carbons (Fsp3) is 0.0833. The van der Waals surface area contributed by atoms with Gasteiger partial charge in [0.05, 0.1) is 25.8 Å². The van der Waals surface area contributed by atoms with Crippen LogP contribution in [0.4, 0.5) is 13.2 Å². The number of hydrogen-bond acceptors (Lipinski definition) is 2. The van der Waals surface area contributed by atoms with Gasteiger partial charge in [-0.3, -0.25) is 0 Å². The largest absolute Gasteiger partial charge is 0.416 e. The van der Waals surface area contributed by atoms with Crippen molar-refractivity contribution in [1.29, 1.82) is 0 Å². The predicted octanol–water partition coefficient (Wildman–Crippen LogP) is 4.96. The second kappa shape index (κ2) is 4.25. The first-order valence-electron chi connectivity index (χ1n) is 5.26. The average molecular weight is 303 g/mol. The molecule has 1 N–H and O–H groups in total. The summed E-state index contributed by atoms with van der Waals surface area (Å²) in [5, 5.41) is 0. The van der Waals surface area contributed by atoms with Crippen LogP contribution in [-0.2, 0) is 6.18 Å². The van der Waals surface area contributed by atoms with Crippen molar-refractivity contribution in [1.82, 2.24) is 9.97 Å². The second-order valence-electron chi connectivity index (χ2n) is 3.92. The number of aromatic nitrogens is 2. The number of H-pyrrole nitrogens is 1. The van der Waals surface area contributed by atoms with Gasteiger partial charge in [0.15, 0.2) is 0 Å². The molecule has 0 saturated carbocycles. The van der Waals surface area contributed by atoms with Crippen molar-refractivity contribution in [2.45, 2.75) is 6.18 Å². The fourth-order valence-corrected chi connectivity index (χ4v) is 2.73. The number of imidazole rings is 1. The van der Waals surface area contributed by atoms with Gasteiger partial charge in [0.1, 0.15) is 5.82 Å². The highest BCUT2D eigenvalue weighted by atomic mass is 35.5. The van der Waals surface area contributed by atoms with Crippen molar-refractivity contribution in [2.24, 2.45) is 0 Å². The molecule has 1 aromatic carbocycles. The first kappa shape index (κ1) is 12.5. The number of nitrogens with zero attached hydrogens (tertiary/aromatic N) is 1. The summed E-state index contributed by atoms with van der Waals surface area (Å²) < 4.78 is 38.4. The van der Waals surface area contributed by atoms with E-state index in [0.717, 1.165) is 17.0 Å². The van der Waals surface area contributed by atoms with Crippen molar-refractivity contribution >= 4 is 34.0 Å². The Bertz CT molecular complexity index is 745. The molecule has 2 aromatic heterocycles. The van der Waals surface area contributed by atoms with Crippen molar-refractivity contribution in [3.63, 3.8) is 0 Å². The Balaban J connectivity index is 2.11. The van der Waals surface area contributed by atoms with E-state index in [2.05, 4.69) is 9.97 Å². The zero-order chi connectivity index (χ0) is 13.6. The van der Waals surface area contributed by atoms with Crippen LogP contribution in [0.1, 0.15) is 5.56 Å². The van der Waals surface area contributed by atoms with E-state index in [0.29, 0.717) is 21.2 Å². The Kier molecular flexibility index (Phi) is 2.79. The molecule has 19 heavy (non-hydrogen) atoms. The molecule has 3 aromatic rings. The van der Waals surface area contributed by atoms with Crippen LogP contribution in [0.25, 0.3) is 21.7 Å². The third-order valence-electron chi connectivity index (χ3n) is 2.62. The maximum absolute atomic E-state index is 12.6. The summed E-state index contributed by atoms with van der Waals surface area (Å²) >= 11 is 7.14. The molecule has 0 radical (unpaired) electrons. The number of aromatic amines is 1. The molecule has 0 fully saturated rings. The highest BCUT2D eigenvalue weighted by molar-refractivity contribution is 7.19. The predicted molar refractivity (Wildman–Crippen MR) is 69.4 cm³/mol. The lowest BCUT2D eigenvalue weighted by Gasteiger charge is -2.05. The zero-order valence-corrected chi connectivity index (χ0v) is 10.8. The topological polar surface area (TPSA) is 28.7 Å². The molecule has 2 heterocycles. The standard InChI is InChI=1S/C12H6ClF3N2S/c13-10-4-3-9(19-10)11-17-7-2-1-6(12(14,15)16)5-8(7)18-11/h1-5H,(H,17,18). The summed E-state index contributed by atoms with van der Waals surface area (Å²) in [4.78, 5) is 7.91. The van der Waals surface area contributed by atoms with Crippen LogP contribution in [-0.4, -0.2) is 9.97 Å². The lowest BCUT2D eigenvalue weighted by molar-refractivity contribution is -0.137. The quantitative estimate of drug-likeness (QED) is 0.676. The Morgan fingerprint density at radius 1 is 1.16 bits per heavy atom. The lowest BCUT2D eigenvalue weighted by Crippen LogP contribution is -2.04. The molecule has 0 aliphatic carbocycles. The third-order valence-corrected chi connectivity index (χ3v) is 3.85. The smallest absolute Gasteiger partial charge is 0.337 e. The zero-order valence-electron chi connectivity index (χ0n) is 9.25. The first-order valence-corrected chi connectivity index (χ1v) is 6.45. The third kappa shape index (κ3) is 2.33. The van der Waals surface area contributed by atoms with Crippen LogP contribution in [0.3, 0.4) is 0 Å². The number of rotatable bonds is 1. The van der Waals surface area contributed by atoms with Crippen LogP contribution in [0.15, 0.2) is 30.3 Å². The minimum absolute atomic E-state index is 0.356. The SMILES string of the molecule is FC(F)(F)c1ccc2nc(-c3ccc(Cl)s3)[nH]c2c1. The molecule has 0 atom stereocenters. The number of halogens is 4. The summed E-state index contributed by atoms with van der Waals surface area (Å²) in [6.45, 7) is 0. The molecule has 7 heteroatoms. The van der Waals surface area contributed by atoms with Crippen LogP contribution >= 0.6 is 22.9 Å². The van der Waals surface area contributed by atoms with Gasteiger partial charge >= 0.3 is 6.18 Å². The number of thiophene rings is 1. The summed E-state index contributed by atoms with van der Waals surface area (Å²) in [7, 11) is 0. The van der Waals surface area contributed by atoms with E-state index in [1.165, 1.54) is 17.4 Å². The summed E-state index contributed by atoms with van der Waals surface area (Å²) in [5.41, 5.74) is 0.154. The molecule has 98 valence electrons. The van der Waals surface area contributed by atoms with E-state index < -0.39 is 11.7 Å². The molecule has 2 nitrogen and oxygen atoms in total. The van der Waals surface area contributed by atoms with Crippen molar-refractivity contribution in [3.8, 4) is 10.7 Å². The molecule has 0 spiro atoms. The van der Waals surface area contributed by atoms with Gasteiger partial charge in [0.25, 0.3) is 0 Å². The molecule has 0 unspecified atom stereocenters. The Morgan fingerprint density at radius 3 is 2.58 bits per heavy atom. The first-order chi connectivity index (χ1) is 8.93. The highest BCUT2D eigenvalue weighted by Gasteiger charge is 2.30. The van der Waals surface area contributed by atoms with E-state index in [9.17, 15) is 13.2 Å². The molecule has 0 amide bonds. The Morgan fingerprint density at radius 2 is 1.95 bits per heavy atom. The second-order valence-corrected chi connectivity index (χ2v) is 5.63. The van der Waals surface area contributed by atoms with Crippen molar-refractivity contribution < 1.29 is 13.2 Å². The van der Waals surface area contributed by atoms with Gasteiger partial charge in [-0.25, -0.2) is 4.98 Å². The van der Waals surface area contributed by atoms with Crippen LogP contribution in [0, 0.1) is 0 Å². The van der Waals surface area contributed by atoms with Crippen LogP contribution in [0.2, 0.25) is 4.34 Å². The van der Waals surface area contributed by atoms with E-state index in [4.69, 9.17) is 11.6 Å². The van der Waals surface area contributed by atoms with Gasteiger partial charge in [-0.05, 0) is 30.3 Å². The minimum atomic E-state index is -4.36. The van der Waals surface area contributed by atoms with E-state index in [1.807, 2.05) is 0 Å². The van der Waals surface area contributed by atoms with E-state index >= 15 is 0 Å². The summed E-state index contributed by atoms with van der Waals surface area (Å²) in [6, 6.07) is 6.92. The molecule has 0 aliphatic heterocycles. The van der Waals surface area contributed by atoms with Gasteiger partial charge in [0.2, 0.25) is 0 Å². The van der Waals surface area contributed by atoms with Gasteiger partial charge in [-0.15, -0.1) is 11.3 Å². The Labute approximate surface area is 114 Å². The normalized spacial score (nSPS) is 12.2. The number of fused-ring (bicyclic) bond motifs is 1. The monoisotopic (exact) mass is 302 g/mol. The molecule has 0 saturated heterocycles. The Hall–Kier alpha value is -1.53. The van der Waals surface area contributed by atoms with Crippen LogP contribution < -0.4 is 0 Å². The van der Waals surface area contributed by atoms with Crippen LogP contribution in [0.5, 0.6) is 0 Å². The fourth-order valence-electron chi connectivity index (χ4n) is 1.74. The van der Waals surface area contributed by atoms with E-state index in [1.54, 1.807) is 12.1 Å². The summed E-state index contributed by atoms with van der Waals surface area (Å²) in [5.74, 6) is 0.520. The highest BCUT2D eigenvalue weighted by Crippen LogP contribution is 2.33. The molecule has 0 bridgehead atoms. The van der Waals surface area contributed by atoms with Gasteiger partial charge < -0.3 is 4.98 Å². The van der Waals surface area contributed by atoms with Gasteiger partial charge in [-0.2, -0.15) is 13.2 Å². The average Bonchev–Trinajstić information content (AvgIpc) is 2.92. The van der Waals surface area contributed by atoms with Gasteiger partial charge in [-0.1, -0.05) is 11.6 Å². The molecular weight excluding hydrogens is 297 g/mol. The number of nitrogens with one attached hydrogen (secondary N) is 1. The van der Waals surface area contributed by atoms with Crippen molar-refractivity contribution in [3.05, 3.63) is 40.2 Å². The minimum Gasteiger partial charge on any atom is -0.337 e. The van der Waals surface area contributed by atoms with E-state index in [-0.39, 0.29) is 0 Å². The van der Waals surface area contributed by atoms with Crippen molar-refractivity contribution in [2.75, 3.05) is 0 Å². The molecule has 0 aliphatic rings.